The lowest BCUT2D eigenvalue weighted by Gasteiger charge is -2.26. The minimum Gasteiger partial charge on any atom is -0.354 e. The Labute approximate surface area is 207 Å². The van der Waals surface area contributed by atoms with Crippen molar-refractivity contribution in [1.29, 1.82) is 0 Å². The fourth-order valence-corrected chi connectivity index (χ4v) is 3.47. The summed E-state index contributed by atoms with van der Waals surface area (Å²) in [6, 6.07) is 18.2. The first-order valence-electron chi connectivity index (χ1n) is 10.7. The van der Waals surface area contributed by atoms with Crippen molar-refractivity contribution < 1.29 is 9.59 Å². The number of amides is 2. The van der Waals surface area contributed by atoms with Crippen LogP contribution in [0.1, 0.15) is 34.8 Å². The largest absolute Gasteiger partial charge is 0.354 e. The minimum absolute atomic E-state index is 0. The van der Waals surface area contributed by atoms with Gasteiger partial charge in [0.2, 0.25) is 5.91 Å². The van der Waals surface area contributed by atoms with E-state index in [2.05, 4.69) is 52.1 Å². The first-order valence-corrected chi connectivity index (χ1v) is 10.7. The zero-order valence-electron chi connectivity index (χ0n) is 18.6. The molecule has 0 radical (unpaired) electrons. The van der Waals surface area contributed by atoms with Gasteiger partial charge in [-0.05, 0) is 43.0 Å². The van der Waals surface area contributed by atoms with Crippen LogP contribution in [0.5, 0.6) is 0 Å². The number of carbonyl (C=O) groups is 2. The highest BCUT2D eigenvalue weighted by molar-refractivity contribution is 14.0. The molecule has 1 unspecified atom stereocenters. The van der Waals surface area contributed by atoms with E-state index in [0.717, 1.165) is 24.4 Å². The highest BCUT2D eigenvalue weighted by Gasteiger charge is 2.22. The third-order valence-electron chi connectivity index (χ3n) is 5.30. The van der Waals surface area contributed by atoms with E-state index >= 15 is 0 Å². The average molecular weight is 549 g/mol. The van der Waals surface area contributed by atoms with Crippen LogP contribution in [0, 0.1) is 0 Å². The van der Waals surface area contributed by atoms with Gasteiger partial charge in [-0.2, -0.15) is 0 Å². The standard InChI is InChI=1S/C24H31N5O2.HI/c1-18(8-9-19-6-4-3-5-7-19)28-24(25-2)27-16-20-10-12-21(13-11-20)23(31)29-15-14-26-22(30)17-29;/h3-7,10-13,18H,8-9,14-17H2,1-2H3,(H,26,30)(H2,25,27,28);1H. The number of hydrogen-bond acceptors (Lipinski definition) is 3. The zero-order chi connectivity index (χ0) is 22.1. The smallest absolute Gasteiger partial charge is 0.254 e. The summed E-state index contributed by atoms with van der Waals surface area (Å²) in [4.78, 5) is 29.9. The van der Waals surface area contributed by atoms with E-state index in [1.54, 1.807) is 11.9 Å². The van der Waals surface area contributed by atoms with Gasteiger partial charge in [0, 0.05) is 38.3 Å². The van der Waals surface area contributed by atoms with E-state index in [4.69, 9.17) is 0 Å². The Morgan fingerprint density at radius 3 is 2.50 bits per heavy atom. The second kappa shape index (κ2) is 13.0. The van der Waals surface area contributed by atoms with Crippen molar-refractivity contribution in [2.45, 2.75) is 32.4 Å². The van der Waals surface area contributed by atoms with Gasteiger partial charge in [-0.25, -0.2) is 0 Å². The van der Waals surface area contributed by atoms with Gasteiger partial charge in [0.25, 0.3) is 5.91 Å². The van der Waals surface area contributed by atoms with Crippen LogP contribution in [0.2, 0.25) is 0 Å². The Balaban J connectivity index is 0.00000363. The van der Waals surface area contributed by atoms with E-state index in [9.17, 15) is 9.59 Å². The summed E-state index contributed by atoms with van der Waals surface area (Å²) in [6.07, 6.45) is 2.02. The molecule has 1 heterocycles. The number of halogens is 1. The van der Waals surface area contributed by atoms with Crippen LogP contribution in [-0.4, -0.2) is 55.4 Å². The topological polar surface area (TPSA) is 85.8 Å². The number of rotatable bonds is 7. The number of nitrogens with one attached hydrogen (secondary N) is 3. The van der Waals surface area contributed by atoms with Gasteiger partial charge < -0.3 is 20.9 Å². The number of benzene rings is 2. The lowest BCUT2D eigenvalue weighted by atomic mass is 10.1. The SMILES string of the molecule is CN=C(NCc1ccc(C(=O)N2CCNC(=O)C2)cc1)NC(C)CCc1ccccc1.I. The molecule has 2 aromatic rings. The van der Waals surface area contributed by atoms with E-state index in [1.807, 2.05) is 30.3 Å². The molecular weight excluding hydrogens is 517 g/mol. The van der Waals surface area contributed by atoms with Crippen LogP contribution in [0.3, 0.4) is 0 Å². The quantitative estimate of drug-likeness (QED) is 0.282. The number of carbonyl (C=O) groups excluding carboxylic acids is 2. The Bertz CT molecular complexity index is 902. The number of guanidine groups is 1. The fraction of sp³-hybridized carbons (Fsp3) is 0.375. The van der Waals surface area contributed by atoms with Crippen molar-refractivity contribution >= 4 is 41.8 Å². The maximum Gasteiger partial charge on any atom is 0.254 e. The van der Waals surface area contributed by atoms with Crippen LogP contribution in [0.15, 0.2) is 59.6 Å². The monoisotopic (exact) mass is 549 g/mol. The molecule has 1 fully saturated rings. The molecule has 1 aliphatic heterocycles. The maximum atomic E-state index is 12.6. The Kier molecular flexibility index (Phi) is 10.5. The van der Waals surface area contributed by atoms with Crippen LogP contribution in [0.25, 0.3) is 0 Å². The summed E-state index contributed by atoms with van der Waals surface area (Å²) in [7, 11) is 1.76. The first-order chi connectivity index (χ1) is 15.0. The van der Waals surface area contributed by atoms with Gasteiger partial charge >= 0.3 is 0 Å². The predicted octanol–water partition coefficient (Wildman–Crippen LogP) is 2.56. The Morgan fingerprint density at radius 1 is 1.12 bits per heavy atom. The average Bonchev–Trinajstić information content (AvgIpc) is 2.81. The molecule has 2 amide bonds. The summed E-state index contributed by atoms with van der Waals surface area (Å²) in [5.41, 5.74) is 2.97. The van der Waals surface area contributed by atoms with E-state index in [0.29, 0.717) is 25.2 Å². The summed E-state index contributed by atoms with van der Waals surface area (Å²) >= 11 is 0. The number of piperazine rings is 1. The molecular formula is C24H32IN5O2. The molecule has 3 rings (SSSR count). The maximum absolute atomic E-state index is 12.6. The summed E-state index contributed by atoms with van der Waals surface area (Å²) in [6.45, 7) is 3.91. The molecule has 1 aliphatic rings. The molecule has 1 atom stereocenters. The molecule has 0 aromatic heterocycles. The Morgan fingerprint density at radius 2 is 1.84 bits per heavy atom. The highest BCUT2D eigenvalue weighted by Crippen LogP contribution is 2.09. The molecule has 7 nitrogen and oxygen atoms in total. The second-order valence-electron chi connectivity index (χ2n) is 7.77. The van der Waals surface area contributed by atoms with Crippen molar-refractivity contribution in [3.05, 3.63) is 71.3 Å². The van der Waals surface area contributed by atoms with Crippen molar-refractivity contribution in [1.82, 2.24) is 20.9 Å². The van der Waals surface area contributed by atoms with E-state index < -0.39 is 0 Å². The summed E-state index contributed by atoms with van der Waals surface area (Å²) in [5, 5.41) is 9.48. The zero-order valence-corrected chi connectivity index (χ0v) is 21.0. The molecule has 0 bridgehead atoms. The summed E-state index contributed by atoms with van der Waals surface area (Å²) < 4.78 is 0. The van der Waals surface area contributed by atoms with Gasteiger partial charge in [-0.1, -0.05) is 42.5 Å². The van der Waals surface area contributed by atoms with Gasteiger partial charge in [0.15, 0.2) is 5.96 Å². The molecule has 0 spiro atoms. The highest BCUT2D eigenvalue weighted by atomic mass is 127. The predicted molar refractivity (Wildman–Crippen MR) is 138 cm³/mol. The number of hydrogen-bond donors (Lipinski definition) is 3. The first kappa shape index (κ1) is 25.6. The number of nitrogens with zero attached hydrogens (tertiary/aromatic N) is 2. The minimum atomic E-state index is -0.114. The third kappa shape index (κ3) is 7.81. The lowest BCUT2D eigenvalue weighted by molar-refractivity contribution is -0.123. The molecule has 8 heteroatoms. The molecule has 32 heavy (non-hydrogen) atoms. The molecule has 3 N–H and O–H groups in total. The van der Waals surface area contributed by atoms with Crippen LogP contribution in [-0.2, 0) is 17.8 Å². The van der Waals surface area contributed by atoms with E-state index in [-0.39, 0.29) is 48.4 Å². The molecule has 172 valence electrons. The van der Waals surface area contributed by atoms with Crippen molar-refractivity contribution in [2.24, 2.45) is 4.99 Å². The number of aliphatic imine (C=N–C) groups is 1. The van der Waals surface area contributed by atoms with Gasteiger partial charge in [-0.3, -0.25) is 14.6 Å². The van der Waals surface area contributed by atoms with Crippen molar-refractivity contribution in [3.63, 3.8) is 0 Å². The Hall–Kier alpha value is -2.62. The van der Waals surface area contributed by atoms with Crippen molar-refractivity contribution in [2.75, 3.05) is 26.7 Å². The fourth-order valence-electron chi connectivity index (χ4n) is 3.47. The molecule has 0 aliphatic carbocycles. The van der Waals surface area contributed by atoms with Crippen LogP contribution in [0.4, 0.5) is 0 Å². The van der Waals surface area contributed by atoms with Gasteiger partial charge in [0.1, 0.15) is 0 Å². The van der Waals surface area contributed by atoms with E-state index in [1.165, 1.54) is 5.56 Å². The van der Waals surface area contributed by atoms with Crippen molar-refractivity contribution in [3.8, 4) is 0 Å². The molecule has 0 saturated carbocycles. The molecule has 1 saturated heterocycles. The van der Waals surface area contributed by atoms with Gasteiger partial charge in [-0.15, -0.1) is 24.0 Å². The van der Waals surface area contributed by atoms with Crippen LogP contribution < -0.4 is 16.0 Å². The molecule has 2 aromatic carbocycles. The summed E-state index contributed by atoms with van der Waals surface area (Å²) in [5.74, 6) is 0.524. The number of aryl methyl sites for hydroxylation is 1. The lowest BCUT2D eigenvalue weighted by Crippen LogP contribution is -2.49. The van der Waals surface area contributed by atoms with Crippen LogP contribution >= 0.6 is 24.0 Å². The normalized spacial score (nSPS) is 14.8. The third-order valence-corrected chi connectivity index (χ3v) is 5.30. The second-order valence-corrected chi connectivity index (χ2v) is 7.77. The van der Waals surface area contributed by atoms with Gasteiger partial charge in [0.05, 0.1) is 6.54 Å².